The molecule has 2 fully saturated rings. The minimum absolute atomic E-state index is 0.0967. The van der Waals surface area contributed by atoms with Gasteiger partial charge in [-0.15, -0.1) is 0 Å². The summed E-state index contributed by atoms with van der Waals surface area (Å²) in [5.41, 5.74) is 1.39. The molecule has 0 bridgehead atoms. The number of anilines is 2. The smallest absolute Gasteiger partial charge is 0.264 e. The first-order chi connectivity index (χ1) is 16.7. The van der Waals surface area contributed by atoms with Crippen molar-refractivity contribution in [2.75, 3.05) is 31.9 Å². The van der Waals surface area contributed by atoms with Crippen LogP contribution in [0.4, 0.5) is 11.5 Å². The van der Waals surface area contributed by atoms with E-state index in [4.69, 9.17) is 34.7 Å². The van der Waals surface area contributed by atoms with Gasteiger partial charge in [-0.25, -0.2) is 9.97 Å². The van der Waals surface area contributed by atoms with Gasteiger partial charge in [0.25, 0.3) is 10.1 Å². The Labute approximate surface area is 215 Å². The van der Waals surface area contributed by atoms with E-state index >= 15 is 0 Å². The van der Waals surface area contributed by atoms with Gasteiger partial charge in [-0.3, -0.25) is 4.18 Å². The van der Waals surface area contributed by atoms with E-state index < -0.39 is 34.5 Å². The van der Waals surface area contributed by atoms with Gasteiger partial charge in [0.1, 0.15) is 30.5 Å². The number of hydrogen-bond donors (Lipinski definition) is 1. The van der Waals surface area contributed by atoms with Crippen molar-refractivity contribution in [2.24, 2.45) is 0 Å². The number of benzene rings is 2. The van der Waals surface area contributed by atoms with Crippen molar-refractivity contribution in [2.45, 2.75) is 24.4 Å². The lowest BCUT2D eigenvalue weighted by Crippen LogP contribution is -2.36. The molecular formula is C22H21BrClN3O7S. The van der Waals surface area contributed by atoms with Crippen molar-refractivity contribution >= 4 is 60.1 Å². The monoisotopic (exact) mass is 585 g/mol. The minimum Gasteiger partial charge on any atom is -0.493 e. The molecule has 2 aliphatic rings. The van der Waals surface area contributed by atoms with E-state index in [1.165, 1.54) is 13.4 Å². The third-order valence-electron chi connectivity index (χ3n) is 5.64. The van der Waals surface area contributed by atoms with Crippen LogP contribution in [-0.2, 0) is 23.8 Å². The van der Waals surface area contributed by atoms with Crippen molar-refractivity contribution < 1.29 is 31.5 Å². The van der Waals surface area contributed by atoms with Gasteiger partial charge in [0.2, 0.25) is 0 Å². The summed E-state index contributed by atoms with van der Waals surface area (Å²) < 4.78 is 52.2. The van der Waals surface area contributed by atoms with E-state index in [0.717, 1.165) is 21.8 Å². The highest BCUT2D eigenvalue weighted by atomic mass is 79.9. The number of halogens is 2. The van der Waals surface area contributed by atoms with Crippen LogP contribution in [0.5, 0.6) is 11.5 Å². The van der Waals surface area contributed by atoms with Gasteiger partial charge in [0, 0.05) is 21.6 Å². The van der Waals surface area contributed by atoms with E-state index in [1.54, 1.807) is 18.2 Å². The summed E-state index contributed by atoms with van der Waals surface area (Å²) in [7, 11) is -2.10. The predicted molar refractivity (Wildman–Crippen MR) is 132 cm³/mol. The number of hydrogen-bond acceptors (Lipinski definition) is 10. The second-order valence-corrected chi connectivity index (χ2v) is 10.9. The fraction of sp³-hybridized carbons (Fsp3) is 0.364. The summed E-state index contributed by atoms with van der Waals surface area (Å²) in [5, 5.41) is 4.54. The van der Waals surface area contributed by atoms with Crippen LogP contribution < -0.4 is 14.8 Å². The Morgan fingerprint density at radius 1 is 1.09 bits per heavy atom. The molecular weight excluding hydrogens is 566 g/mol. The number of nitrogens with one attached hydrogen (secondary N) is 1. The van der Waals surface area contributed by atoms with Gasteiger partial charge in [0.05, 0.1) is 37.1 Å². The molecule has 1 N–H and O–H groups in total. The third-order valence-corrected chi connectivity index (χ3v) is 7.47. The summed E-state index contributed by atoms with van der Waals surface area (Å²) >= 11 is 9.60. The van der Waals surface area contributed by atoms with E-state index in [1.807, 2.05) is 12.1 Å². The van der Waals surface area contributed by atoms with E-state index in [9.17, 15) is 8.42 Å². The normalized spacial score (nSPS) is 23.9. The summed E-state index contributed by atoms with van der Waals surface area (Å²) in [6.07, 6.45) is 0.228. The van der Waals surface area contributed by atoms with Crippen molar-refractivity contribution in [3.05, 3.63) is 46.2 Å². The van der Waals surface area contributed by atoms with E-state index in [2.05, 4.69) is 31.2 Å². The molecule has 4 atom stereocenters. The Hall–Kier alpha value is -2.22. The van der Waals surface area contributed by atoms with Crippen LogP contribution in [0.15, 0.2) is 41.1 Å². The van der Waals surface area contributed by atoms with Crippen LogP contribution >= 0.6 is 27.5 Å². The molecule has 2 aromatic carbocycles. The fourth-order valence-electron chi connectivity index (χ4n) is 4.13. The molecule has 5 rings (SSSR count). The van der Waals surface area contributed by atoms with Crippen LogP contribution in [0, 0.1) is 0 Å². The molecule has 10 nitrogen and oxygen atoms in total. The van der Waals surface area contributed by atoms with Crippen molar-refractivity contribution in [1.82, 2.24) is 9.97 Å². The Kier molecular flexibility index (Phi) is 6.77. The summed E-state index contributed by atoms with van der Waals surface area (Å²) in [5.74, 6) is 1.48. The lowest BCUT2D eigenvalue weighted by atomic mass is 10.1. The fourth-order valence-corrected chi connectivity index (χ4v) is 5.17. The molecule has 1 aromatic heterocycles. The Bertz CT molecular complexity index is 1380. The maximum Gasteiger partial charge on any atom is 0.264 e. The average molecular weight is 587 g/mol. The predicted octanol–water partition coefficient (Wildman–Crippen LogP) is 3.69. The average Bonchev–Trinajstić information content (AvgIpc) is 3.38. The Morgan fingerprint density at radius 2 is 1.83 bits per heavy atom. The molecule has 13 heteroatoms. The van der Waals surface area contributed by atoms with Crippen molar-refractivity contribution in [3.8, 4) is 11.5 Å². The van der Waals surface area contributed by atoms with Crippen LogP contribution in [0.3, 0.4) is 0 Å². The van der Waals surface area contributed by atoms with Gasteiger partial charge < -0.3 is 24.3 Å². The molecule has 35 heavy (non-hydrogen) atoms. The number of nitrogens with zero attached hydrogens (tertiary/aromatic N) is 2. The maximum absolute atomic E-state index is 11.5. The van der Waals surface area contributed by atoms with Crippen LogP contribution in [0.2, 0.25) is 5.02 Å². The largest absolute Gasteiger partial charge is 0.493 e. The number of rotatable bonds is 7. The molecule has 3 aromatic rings. The molecule has 0 aliphatic carbocycles. The third kappa shape index (κ3) is 5.18. The zero-order valence-electron chi connectivity index (χ0n) is 18.6. The highest BCUT2D eigenvalue weighted by Gasteiger charge is 2.50. The number of ether oxygens (including phenoxy) is 4. The molecule has 0 spiro atoms. The molecule has 2 aliphatic heterocycles. The zero-order chi connectivity index (χ0) is 24.7. The molecule has 2 saturated heterocycles. The summed E-state index contributed by atoms with van der Waals surface area (Å²) in [4.78, 5) is 8.74. The molecule has 186 valence electrons. The SMILES string of the molecule is COc1cc2c(Nc3ccc(Br)c(Cl)c3)ncnc2cc1O[C@H]1CO[C@H]2[C@H]1OC[C@H]2OS(C)(=O)=O. The minimum atomic E-state index is -3.64. The molecule has 0 radical (unpaired) electrons. The van der Waals surface area contributed by atoms with Crippen molar-refractivity contribution in [1.29, 1.82) is 0 Å². The summed E-state index contributed by atoms with van der Waals surface area (Å²) in [6, 6.07) is 9.03. The quantitative estimate of drug-likeness (QED) is 0.411. The highest BCUT2D eigenvalue weighted by Crippen LogP contribution is 2.38. The first kappa shape index (κ1) is 24.5. The molecule has 0 unspecified atom stereocenters. The summed E-state index contributed by atoms with van der Waals surface area (Å²) in [6.45, 7) is 0.306. The van der Waals surface area contributed by atoms with Gasteiger partial charge in [-0.05, 0) is 40.2 Å². The maximum atomic E-state index is 11.5. The van der Waals surface area contributed by atoms with E-state index in [-0.39, 0.29) is 13.2 Å². The molecule has 3 heterocycles. The lowest BCUT2D eigenvalue weighted by molar-refractivity contribution is 0.0194. The lowest BCUT2D eigenvalue weighted by Gasteiger charge is -2.20. The first-order valence-electron chi connectivity index (χ1n) is 10.5. The number of aromatic nitrogens is 2. The van der Waals surface area contributed by atoms with Gasteiger partial charge in [0.15, 0.2) is 17.6 Å². The van der Waals surface area contributed by atoms with Crippen molar-refractivity contribution in [3.63, 3.8) is 0 Å². The topological polar surface area (TPSA) is 118 Å². The highest BCUT2D eigenvalue weighted by molar-refractivity contribution is 9.10. The Morgan fingerprint density at radius 3 is 2.54 bits per heavy atom. The second-order valence-electron chi connectivity index (χ2n) is 8.09. The zero-order valence-corrected chi connectivity index (χ0v) is 21.8. The Balaban J connectivity index is 1.39. The standard InChI is InChI=1S/C22H21BrClN3O7S/c1-30-16-6-12-15(25-10-26-22(12)27-11-3-4-13(23)14(24)5-11)7-17(16)33-18-8-31-21-19(9-32-20(18)21)34-35(2,28)29/h3-7,10,18-21H,8-9H2,1-2H3,(H,25,26,27)/t18-,19+,20-,21+/m0/s1. The van der Waals surface area contributed by atoms with Crippen LogP contribution in [-0.4, -0.2) is 69.4 Å². The van der Waals surface area contributed by atoms with Gasteiger partial charge in [-0.1, -0.05) is 11.6 Å². The molecule has 0 saturated carbocycles. The molecule has 0 amide bonds. The van der Waals surface area contributed by atoms with Crippen LogP contribution in [0.25, 0.3) is 10.9 Å². The first-order valence-corrected chi connectivity index (χ1v) is 13.5. The van der Waals surface area contributed by atoms with Gasteiger partial charge >= 0.3 is 0 Å². The number of fused-ring (bicyclic) bond motifs is 2. The van der Waals surface area contributed by atoms with Crippen LogP contribution in [0.1, 0.15) is 0 Å². The van der Waals surface area contributed by atoms with E-state index in [0.29, 0.717) is 27.9 Å². The number of methoxy groups -OCH3 is 1. The van der Waals surface area contributed by atoms with Gasteiger partial charge in [-0.2, -0.15) is 8.42 Å². The second kappa shape index (κ2) is 9.68.